The van der Waals surface area contributed by atoms with Gasteiger partial charge in [-0.3, -0.25) is 4.90 Å². The predicted octanol–water partition coefficient (Wildman–Crippen LogP) is 2.90. The lowest BCUT2D eigenvalue weighted by molar-refractivity contribution is 0.0881. The first-order chi connectivity index (χ1) is 9.56. The summed E-state index contributed by atoms with van der Waals surface area (Å²) in [5.41, 5.74) is 1.00. The van der Waals surface area contributed by atoms with E-state index in [0.717, 1.165) is 49.2 Å². The highest BCUT2D eigenvalue weighted by molar-refractivity contribution is 9.10. The van der Waals surface area contributed by atoms with Crippen LogP contribution in [0.25, 0.3) is 0 Å². The maximum absolute atomic E-state index is 10.3. The lowest BCUT2D eigenvalue weighted by atomic mass is 10.1. The summed E-state index contributed by atoms with van der Waals surface area (Å²) in [5.74, 6) is 0. The molecule has 20 heavy (non-hydrogen) atoms. The van der Waals surface area contributed by atoms with Crippen LogP contribution >= 0.6 is 15.9 Å². The van der Waals surface area contributed by atoms with Gasteiger partial charge in [0.05, 0.1) is 6.10 Å². The lowest BCUT2D eigenvalue weighted by Crippen LogP contribution is -2.49. The fourth-order valence-corrected chi connectivity index (χ4v) is 3.11. The molecule has 3 nitrogen and oxygen atoms in total. The van der Waals surface area contributed by atoms with Crippen LogP contribution in [0.4, 0.5) is 0 Å². The Labute approximate surface area is 130 Å². The third-order valence-electron chi connectivity index (χ3n) is 4.09. The Morgan fingerprint density at radius 2 is 1.90 bits per heavy atom. The molecule has 0 saturated carbocycles. The van der Waals surface area contributed by atoms with Gasteiger partial charge in [-0.05, 0) is 38.0 Å². The first-order valence-electron chi connectivity index (χ1n) is 7.46. The number of aliphatic hydroxyl groups is 1. The van der Waals surface area contributed by atoms with E-state index < -0.39 is 0 Å². The summed E-state index contributed by atoms with van der Waals surface area (Å²) < 4.78 is 1.03. The molecule has 0 bridgehead atoms. The van der Waals surface area contributed by atoms with E-state index >= 15 is 0 Å². The molecule has 0 aliphatic carbocycles. The van der Waals surface area contributed by atoms with E-state index in [-0.39, 0.29) is 6.10 Å². The van der Waals surface area contributed by atoms with Crippen molar-refractivity contribution in [2.45, 2.75) is 32.4 Å². The molecular formula is C16H25BrN2O. The molecule has 1 aromatic carbocycles. The second-order valence-corrected chi connectivity index (χ2v) is 6.75. The van der Waals surface area contributed by atoms with Crippen LogP contribution in [0.2, 0.25) is 0 Å². The maximum Gasteiger partial charge on any atom is 0.0802 e. The summed E-state index contributed by atoms with van der Waals surface area (Å²) >= 11 is 3.45. The van der Waals surface area contributed by atoms with Gasteiger partial charge >= 0.3 is 0 Å². The van der Waals surface area contributed by atoms with E-state index in [1.807, 2.05) is 24.3 Å². The summed E-state index contributed by atoms with van der Waals surface area (Å²) in [6.45, 7) is 10.0. The van der Waals surface area contributed by atoms with Crippen molar-refractivity contribution in [1.82, 2.24) is 9.80 Å². The Hall–Kier alpha value is -0.420. The van der Waals surface area contributed by atoms with Crippen molar-refractivity contribution in [3.63, 3.8) is 0 Å². The van der Waals surface area contributed by atoms with Crippen LogP contribution in [-0.2, 0) is 0 Å². The quantitative estimate of drug-likeness (QED) is 0.892. The SMILES string of the molecule is CC(C)N1CCN(CCC(O)c2cccc(Br)c2)CC1. The number of piperazine rings is 1. The van der Waals surface area contributed by atoms with Crippen LogP contribution in [-0.4, -0.2) is 53.7 Å². The van der Waals surface area contributed by atoms with Crippen LogP contribution in [0.15, 0.2) is 28.7 Å². The third-order valence-corrected chi connectivity index (χ3v) is 4.58. The molecular weight excluding hydrogens is 316 g/mol. The Morgan fingerprint density at radius 1 is 1.20 bits per heavy atom. The minimum absolute atomic E-state index is 0.365. The Morgan fingerprint density at radius 3 is 2.50 bits per heavy atom. The van der Waals surface area contributed by atoms with Crippen LogP contribution in [0.1, 0.15) is 31.9 Å². The maximum atomic E-state index is 10.3. The highest BCUT2D eigenvalue weighted by atomic mass is 79.9. The molecule has 1 heterocycles. The number of hydrogen-bond acceptors (Lipinski definition) is 3. The first kappa shape index (κ1) is 16.0. The predicted molar refractivity (Wildman–Crippen MR) is 86.9 cm³/mol. The van der Waals surface area contributed by atoms with Crippen molar-refractivity contribution in [2.24, 2.45) is 0 Å². The highest BCUT2D eigenvalue weighted by Gasteiger charge is 2.19. The molecule has 1 aromatic rings. The highest BCUT2D eigenvalue weighted by Crippen LogP contribution is 2.21. The molecule has 2 rings (SSSR count). The van der Waals surface area contributed by atoms with Gasteiger partial charge in [0.15, 0.2) is 0 Å². The second kappa shape index (κ2) is 7.55. The normalized spacial score (nSPS) is 19.4. The smallest absolute Gasteiger partial charge is 0.0802 e. The van der Waals surface area contributed by atoms with Crippen molar-refractivity contribution < 1.29 is 5.11 Å². The number of hydrogen-bond donors (Lipinski definition) is 1. The molecule has 1 saturated heterocycles. The van der Waals surface area contributed by atoms with Crippen LogP contribution in [0.3, 0.4) is 0 Å². The topological polar surface area (TPSA) is 26.7 Å². The molecule has 0 radical (unpaired) electrons. The van der Waals surface area contributed by atoms with Crippen molar-refractivity contribution in [1.29, 1.82) is 0 Å². The summed E-state index contributed by atoms with van der Waals surface area (Å²) in [6, 6.07) is 8.60. The fourth-order valence-electron chi connectivity index (χ4n) is 2.69. The van der Waals surface area contributed by atoms with Crippen LogP contribution < -0.4 is 0 Å². The number of aliphatic hydroxyl groups excluding tert-OH is 1. The van der Waals surface area contributed by atoms with Gasteiger partial charge in [-0.2, -0.15) is 0 Å². The van der Waals surface area contributed by atoms with E-state index in [1.54, 1.807) is 0 Å². The van der Waals surface area contributed by atoms with E-state index in [2.05, 4.69) is 39.6 Å². The van der Waals surface area contributed by atoms with Gasteiger partial charge < -0.3 is 10.0 Å². The van der Waals surface area contributed by atoms with Gasteiger partial charge in [0.2, 0.25) is 0 Å². The van der Waals surface area contributed by atoms with Gasteiger partial charge in [0.1, 0.15) is 0 Å². The van der Waals surface area contributed by atoms with Gasteiger partial charge in [0, 0.05) is 43.2 Å². The molecule has 1 aliphatic rings. The molecule has 0 amide bonds. The van der Waals surface area contributed by atoms with Crippen molar-refractivity contribution in [3.8, 4) is 0 Å². The van der Waals surface area contributed by atoms with Crippen molar-refractivity contribution in [3.05, 3.63) is 34.3 Å². The van der Waals surface area contributed by atoms with Gasteiger partial charge in [-0.15, -0.1) is 0 Å². The average molecular weight is 341 g/mol. The van der Waals surface area contributed by atoms with E-state index in [9.17, 15) is 5.11 Å². The molecule has 1 atom stereocenters. The van der Waals surface area contributed by atoms with Crippen molar-refractivity contribution in [2.75, 3.05) is 32.7 Å². The van der Waals surface area contributed by atoms with Gasteiger partial charge in [-0.25, -0.2) is 0 Å². The summed E-state index contributed by atoms with van der Waals surface area (Å²) in [6.07, 6.45) is 0.439. The molecule has 1 fully saturated rings. The first-order valence-corrected chi connectivity index (χ1v) is 8.25. The summed E-state index contributed by atoms with van der Waals surface area (Å²) in [4.78, 5) is 4.97. The second-order valence-electron chi connectivity index (χ2n) is 5.83. The van der Waals surface area contributed by atoms with Crippen LogP contribution in [0, 0.1) is 0 Å². The Balaban J connectivity index is 1.76. The van der Waals surface area contributed by atoms with E-state index in [4.69, 9.17) is 0 Å². The third kappa shape index (κ3) is 4.55. The molecule has 1 unspecified atom stereocenters. The van der Waals surface area contributed by atoms with Gasteiger partial charge in [0.25, 0.3) is 0 Å². The minimum atomic E-state index is -0.365. The van der Waals surface area contributed by atoms with Gasteiger partial charge in [-0.1, -0.05) is 28.1 Å². The molecule has 1 N–H and O–H groups in total. The average Bonchev–Trinajstić information content (AvgIpc) is 2.45. The zero-order valence-electron chi connectivity index (χ0n) is 12.4. The standard InChI is InChI=1S/C16H25BrN2O/c1-13(2)19-10-8-18(9-11-19)7-6-16(20)14-4-3-5-15(17)12-14/h3-5,12-13,16,20H,6-11H2,1-2H3. The monoisotopic (exact) mass is 340 g/mol. The minimum Gasteiger partial charge on any atom is -0.388 e. The molecule has 1 aliphatic heterocycles. The number of benzene rings is 1. The molecule has 0 spiro atoms. The largest absolute Gasteiger partial charge is 0.388 e. The molecule has 0 aromatic heterocycles. The lowest BCUT2D eigenvalue weighted by Gasteiger charge is -2.37. The Kier molecular flexibility index (Phi) is 6.02. The Bertz CT molecular complexity index is 417. The van der Waals surface area contributed by atoms with E-state index in [1.165, 1.54) is 0 Å². The number of nitrogens with zero attached hydrogens (tertiary/aromatic N) is 2. The van der Waals surface area contributed by atoms with Crippen molar-refractivity contribution >= 4 is 15.9 Å². The summed E-state index contributed by atoms with van der Waals surface area (Å²) in [5, 5.41) is 10.3. The summed E-state index contributed by atoms with van der Waals surface area (Å²) in [7, 11) is 0. The number of halogens is 1. The van der Waals surface area contributed by atoms with E-state index in [0.29, 0.717) is 6.04 Å². The number of rotatable bonds is 5. The molecule has 4 heteroatoms. The molecule has 112 valence electrons. The van der Waals surface area contributed by atoms with Crippen LogP contribution in [0.5, 0.6) is 0 Å². The fraction of sp³-hybridized carbons (Fsp3) is 0.625. The zero-order valence-corrected chi connectivity index (χ0v) is 14.0. The zero-order chi connectivity index (χ0) is 14.5.